The molecule has 0 saturated carbocycles. The highest BCUT2D eigenvalue weighted by Crippen LogP contribution is 2.25. The van der Waals surface area contributed by atoms with Crippen LogP contribution in [0.5, 0.6) is 5.75 Å². The number of methoxy groups -OCH3 is 1. The van der Waals surface area contributed by atoms with Crippen LogP contribution in [-0.4, -0.2) is 22.4 Å². The molecule has 2 aromatic carbocycles. The van der Waals surface area contributed by atoms with Crippen LogP contribution in [0.2, 0.25) is 5.02 Å². The van der Waals surface area contributed by atoms with Crippen LogP contribution in [0.15, 0.2) is 60.1 Å². The van der Waals surface area contributed by atoms with E-state index >= 15 is 0 Å². The van der Waals surface area contributed by atoms with Crippen molar-refractivity contribution >= 4 is 33.8 Å². The van der Waals surface area contributed by atoms with Gasteiger partial charge in [0.2, 0.25) is 0 Å². The number of benzene rings is 2. The average molecular weight is 398 g/mol. The van der Waals surface area contributed by atoms with E-state index in [4.69, 9.17) is 16.3 Å². The fraction of sp³-hybridized carbons (Fsp3) is 0.100. The number of hydrogen-bond donors (Lipinski definition) is 1. The summed E-state index contributed by atoms with van der Waals surface area (Å²) >= 11 is 7.33. The predicted octanol–water partition coefficient (Wildman–Crippen LogP) is 4.65. The van der Waals surface area contributed by atoms with Gasteiger partial charge in [0.25, 0.3) is 5.91 Å². The van der Waals surface area contributed by atoms with Crippen molar-refractivity contribution in [3.05, 3.63) is 76.4 Å². The summed E-state index contributed by atoms with van der Waals surface area (Å²) in [7, 11) is 1.64. The number of ether oxygens (including phenoxy) is 1. The third-order valence-electron chi connectivity index (χ3n) is 4.19. The van der Waals surface area contributed by atoms with Gasteiger partial charge in [-0.25, -0.2) is 4.98 Å². The van der Waals surface area contributed by atoms with Crippen molar-refractivity contribution in [3.63, 3.8) is 0 Å². The minimum absolute atomic E-state index is 0.144. The van der Waals surface area contributed by atoms with E-state index in [9.17, 15) is 4.79 Å². The summed E-state index contributed by atoms with van der Waals surface area (Å²) < 4.78 is 7.01. The molecule has 136 valence electrons. The zero-order valence-electron chi connectivity index (χ0n) is 14.5. The van der Waals surface area contributed by atoms with E-state index in [0.717, 1.165) is 27.5 Å². The Morgan fingerprint density at radius 2 is 1.93 bits per heavy atom. The molecule has 0 saturated heterocycles. The fourth-order valence-electron chi connectivity index (χ4n) is 2.72. The average Bonchev–Trinajstić information content (AvgIpc) is 3.28. The Kier molecular flexibility index (Phi) is 4.83. The minimum Gasteiger partial charge on any atom is -0.497 e. The van der Waals surface area contributed by atoms with Gasteiger partial charge in [0.05, 0.1) is 12.8 Å². The molecule has 2 heterocycles. The Balaban J connectivity index is 1.54. The van der Waals surface area contributed by atoms with E-state index in [1.165, 1.54) is 11.3 Å². The quantitative estimate of drug-likeness (QED) is 0.533. The second-order valence-electron chi connectivity index (χ2n) is 5.94. The molecule has 0 fully saturated rings. The molecule has 0 spiro atoms. The Labute approximate surface area is 165 Å². The summed E-state index contributed by atoms with van der Waals surface area (Å²) in [5.74, 6) is 0.650. The number of aromatic nitrogens is 2. The number of halogens is 1. The van der Waals surface area contributed by atoms with E-state index in [0.29, 0.717) is 17.3 Å². The van der Waals surface area contributed by atoms with Crippen LogP contribution in [0.1, 0.15) is 16.1 Å². The zero-order valence-corrected chi connectivity index (χ0v) is 16.1. The molecule has 0 bridgehead atoms. The molecule has 5 nitrogen and oxygen atoms in total. The summed E-state index contributed by atoms with van der Waals surface area (Å²) in [5.41, 5.74) is 3.34. The van der Waals surface area contributed by atoms with Gasteiger partial charge in [0.1, 0.15) is 11.4 Å². The lowest BCUT2D eigenvalue weighted by molar-refractivity contribution is 0.0945. The molecule has 0 aliphatic rings. The van der Waals surface area contributed by atoms with Gasteiger partial charge in [-0.15, -0.1) is 11.3 Å². The van der Waals surface area contributed by atoms with E-state index in [1.807, 2.05) is 64.5 Å². The van der Waals surface area contributed by atoms with Crippen molar-refractivity contribution in [1.82, 2.24) is 14.7 Å². The molecule has 0 aliphatic carbocycles. The molecule has 0 atom stereocenters. The highest BCUT2D eigenvalue weighted by Gasteiger charge is 2.15. The molecular formula is C20H16ClN3O2S. The lowest BCUT2D eigenvalue weighted by Gasteiger charge is -2.05. The predicted molar refractivity (Wildman–Crippen MR) is 108 cm³/mol. The van der Waals surface area contributed by atoms with Crippen LogP contribution < -0.4 is 10.1 Å². The molecule has 0 radical (unpaired) electrons. The van der Waals surface area contributed by atoms with Gasteiger partial charge >= 0.3 is 0 Å². The van der Waals surface area contributed by atoms with Crippen LogP contribution in [0.4, 0.5) is 0 Å². The summed E-state index contributed by atoms with van der Waals surface area (Å²) in [5, 5.41) is 5.43. The van der Waals surface area contributed by atoms with Gasteiger partial charge in [-0.3, -0.25) is 9.20 Å². The van der Waals surface area contributed by atoms with E-state index in [-0.39, 0.29) is 5.91 Å². The number of fused-ring (bicyclic) bond motifs is 1. The Bertz CT molecular complexity index is 1080. The molecule has 27 heavy (non-hydrogen) atoms. The third kappa shape index (κ3) is 3.67. The number of carbonyl (C=O) groups excluding carboxylic acids is 1. The maximum Gasteiger partial charge on any atom is 0.269 e. The number of nitrogens with zero attached hydrogens (tertiary/aromatic N) is 2. The summed E-state index contributed by atoms with van der Waals surface area (Å²) in [6, 6.07) is 15.1. The Morgan fingerprint density at radius 1 is 1.19 bits per heavy atom. The van der Waals surface area contributed by atoms with Crippen molar-refractivity contribution in [2.45, 2.75) is 6.54 Å². The van der Waals surface area contributed by atoms with Crippen LogP contribution >= 0.6 is 22.9 Å². The first-order valence-corrected chi connectivity index (χ1v) is 9.53. The fourth-order valence-corrected chi connectivity index (χ4v) is 3.70. The number of imidazole rings is 1. The van der Waals surface area contributed by atoms with Gasteiger partial charge in [0.15, 0.2) is 4.96 Å². The number of amides is 1. The highest BCUT2D eigenvalue weighted by atomic mass is 35.5. The van der Waals surface area contributed by atoms with Gasteiger partial charge < -0.3 is 10.1 Å². The topological polar surface area (TPSA) is 55.6 Å². The monoisotopic (exact) mass is 397 g/mol. The van der Waals surface area contributed by atoms with E-state index in [1.54, 1.807) is 7.11 Å². The zero-order chi connectivity index (χ0) is 18.8. The summed E-state index contributed by atoms with van der Waals surface area (Å²) in [6.45, 7) is 0.438. The normalized spacial score (nSPS) is 10.9. The molecule has 1 N–H and O–H groups in total. The molecule has 4 aromatic rings. The number of rotatable bonds is 5. The molecule has 7 heteroatoms. The largest absolute Gasteiger partial charge is 0.497 e. The van der Waals surface area contributed by atoms with Crippen molar-refractivity contribution < 1.29 is 9.53 Å². The first kappa shape index (κ1) is 17.6. The first-order chi connectivity index (χ1) is 13.1. The molecule has 1 amide bonds. The van der Waals surface area contributed by atoms with Crippen LogP contribution in [-0.2, 0) is 6.54 Å². The van der Waals surface area contributed by atoms with E-state index < -0.39 is 0 Å². The standard InChI is InChI=1S/C20H16ClN3O2S/c1-26-16-8-4-14(5-9-16)17-11-24-18(12-27-20(24)23-17)19(25)22-10-13-2-6-15(21)7-3-13/h2-9,11-12H,10H2,1H3,(H,22,25). The molecular weight excluding hydrogens is 382 g/mol. The first-order valence-electron chi connectivity index (χ1n) is 8.28. The van der Waals surface area contributed by atoms with Crippen molar-refractivity contribution in [3.8, 4) is 17.0 Å². The van der Waals surface area contributed by atoms with Gasteiger partial charge in [0, 0.05) is 28.7 Å². The third-order valence-corrected chi connectivity index (χ3v) is 5.29. The number of hydrogen-bond acceptors (Lipinski definition) is 4. The Morgan fingerprint density at radius 3 is 2.63 bits per heavy atom. The maximum atomic E-state index is 12.6. The number of nitrogens with one attached hydrogen (secondary N) is 1. The van der Waals surface area contributed by atoms with Crippen LogP contribution in [0.25, 0.3) is 16.2 Å². The SMILES string of the molecule is COc1ccc(-c2cn3c(C(=O)NCc4ccc(Cl)cc4)csc3n2)cc1. The summed E-state index contributed by atoms with van der Waals surface area (Å²) in [6.07, 6.45) is 1.88. The lowest BCUT2D eigenvalue weighted by atomic mass is 10.2. The minimum atomic E-state index is -0.144. The summed E-state index contributed by atoms with van der Waals surface area (Å²) in [4.78, 5) is 18.0. The second kappa shape index (κ2) is 7.42. The van der Waals surface area contributed by atoms with Crippen molar-refractivity contribution in [2.75, 3.05) is 7.11 Å². The highest BCUT2D eigenvalue weighted by molar-refractivity contribution is 7.15. The van der Waals surface area contributed by atoms with E-state index in [2.05, 4.69) is 10.3 Å². The molecule has 4 rings (SSSR count). The maximum absolute atomic E-state index is 12.6. The second-order valence-corrected chi connectivity index (χ2v) is 7.21. The van der Waals surface area contributed by atoms with Crippen LogP contribution in [0, 0.1) is 0 Å². The molecule has 0 aliphatic heterocycles. The van der Waals surface area contributed by atoms with Gasteiger partial charge in [-0.1, -0.05) is 23.7 Å². The van der Waals surface area contributed by atoms with Gasteiger partial charge in [-0.05, 0) is 42.0 Å². The van der Waals surface area contributed by atoms with Crippen molar-refractivity contribution in [2.24, 2.45) is 0 Å². The lowest BCUT2D eigenvalue weighted by Crippen LogP contribution is -2.23. The molecule has 2 aromatic heterocycles. The Hall–Kier alpha value is -2.83. The smallest absolute Gasteiger partial charge is 0.269 e. The van der Waals surface area contributed by atoms with Gasteiger partial charge in [-0.2, -0.15) is 0 Å². The number of carbonyl (C=O) groups is 1. The number of thiazole rings is 1. The van der Waals surface area contributed by atoms with Crippen molar-refractivity contribution in [1.29, 1.82) is 0 Å². The van der Waals surface area contributed by atoms with Crippen LogP contribution in [0.3, 0.4) is 0 Å². The molecule has 0 unspecified atom stereocenters.